The monoisotopic (exact) mass is 423 g/mol. The number of amidine groups is 1. The highest BCUT2D eigenvalue weighted by Gasteiger charge is 2.22. The zero-order valence-corrected chi connectivity index (χ0v) is 17.3. The molecule has 1 heterocycles. The van der Waals surface area contributed by atoms with Crippen LogP contribution in [-0.4, -0.2) is 29.9 Å². The van der Waals surface area contributed by atoms with Crippen LogP contribution in [0.15, 0.2) is 48.5 Å². The van der Waals surface area contributed by atoms with Crippen molar-refractivity contribution in [1.82, 2.24) is 5.32 Å². The fraction of sp³-hybridized carbons (Fsp3) is 0.136. The number of carboxylic acid groups (broad SMARTS) is 1. The summed E-state index contributed by atoms with van der Waals surface area (Å²) in [5.74, 6) is -0.927. The van der Waals surface area contributed by atoms with Gasteiger partial charge in [-0.05, 0) is 36.2 Å². The van der Waals surface area contributed by atoms with E-state index in [1.165, 1.54) is 13.1 Å². The number of hydrogen-bond donors (Lipinski definition) is 4. The van der Waals surface area contributed by atoms with Crippen LogP contribution in [0.25, 0.3) is 10.4 Å². The molecule has 0 fully saturated rings. The van der Waals surface area contributed by atoms with Crippen LogP contribution >= 0.6 is 11.3 Å². The number of rotatable bonds is 7. The van der Waals surface area contributed by atoms with Gasteiger partial charge in [0.05, 0.1) is 15.3 Å². The highest BCUT2D eigenvalue weighted by molar-refractivity contribution is 7.17. The maximum Gasteiger partial charge on any atom is 0.337 e. The van der Waals surface area contributed by atoms with Crippen molar-refractivity contribution in [3.8, 4) is 16.2 Å². The van der Waals surface area contributed by atoms with Crippen LogP contribution in [0.1, 0.15) is 36.7 Å². The van der Waals surface area contributed by atoms with Crippen molar-refractivity contribution < 1.29 is 19.4 Å². The van der Waals surface area contributed by atoms with E-state index in [1.54, 1.807) is 18.2 Å². The molecule has 0 saturated carbocycles. The Hall–Kier alpha value is -3.65. The average molecular weight is 423 g/mol. The van der Waals surface area contributed by atoms with Gasteiger partial charge in [-0.1, -0.05) is 30.3 Å². The Labute approximate surface area is 177 Å². The minimum absolute atomic E-state index is 0.00532. The van der Waals surface area contributed by atoms with Crippen molar-refractivity contribution >= 4 is 29.0 Å². The summed E-state index contributed by atoms with van der Waals surface area (Å²) in [6, 6.07) is 14.0. The second-order valence-electron chi connectivity index (χ2n) is 6.64. The number of hydrogen-bond acceptors (Lipinski definition) is 5. The van der Waals surface area contributed by atoms with Crippen molar-refractivity contribution in [3.63, 3.8) is 0 Å². The first-order chi connectivity index (χ1) is 14.3. The quantitative estimate of drug-likeness (QED) is 0.341. The van der Waals surface area contributed by atoms with Gasteiger partial charge in [0.2, 0.25) is 0 Å². The van der Waals surface area contributed by atoms with E-state index in [-0.39, 0.29) is 23.9 Å². The Bertz CT molecular complexity index is 1120. The number of aromatic carboxylic acids is 1. The normalized spacial score (nSPS) is 10.5. The molecule has 7 nitrogen and oxygen atoms in total. The molecule has 1 amide bonds. The molecule has 0 aliphatic heterocycles. The lowest BCUT2D eigenvalue weighted by atomic mass is 10.1. The van der Waals surface area contributed by atoms with Gasteiger partial charge in [0.1, 0.15) is 18.2 Å². The largest absolute Gasteiger partial charge is 0.488 e. The van der Waals surface area contributed by atoms with Crippen LogP contribution in [0.3, 0.4) is 0 Å². The summed E-state index contributed by atoms with van der Waals surface area (Å²) in [6.45, 7) is 2.17. The summed E-state index contributed by atoms with van der Waals surface area (Å²) in [5.41, 5.74) is 8.61. The summed E-state index contributed by atoms with van der Waals surface area (Å²) in [6.07, 6.45) is 0. The number of nitrogens with two attached hydrogens (primary N) is 1. The second kappa shape index (κ2) is 8.79. The van der Waals surface area contributed by atoms with E-state index in [0.29, 0.717) is 26.6 Å². The third-order valence-corrected chi connectivity index (χ3v) is 5.62. The average Bonchev–Trinajstić information content (AvgIpc) is 3.17. The standard InChI is InChI=1S/C22H21N3O4S/c1-12-3-8-15(19-16(22(27)28)10-18(30-19)21(26)25-2)17(9-12)29-11-13-4-6-14(7-5-13)20(23)24/h3-10H,11H2,1-2H3,(H3,23,24)(H,25,26)(H,27,28). The van der Waals surface area contributed by atoms with E-state index in [4.69, 9.17) is 15.9 Å². The van der Waals surface area contributed by atoms with Gasteiger partial charge >= 0.3 is 5.97 Å². The van der Waals surface area contributed by atoms with Gasteiger partial charge in [-0.3, -0.25) is 10.2 Å². The van der Waals surface area contributed by atoms with Gasteiger partial charge in [0.15, 0.2) is 0 Å². The number of carbonyl (C=O) groups excluding carboxylic acids is 1. The van der Waals surface area contributed by atoms with Crippen molar-refractivity contribution in [2.75, 3.05) is 7.05 Å². The Morgan fingerprint density at radius 1 is 1.17 bits per heavy atom. The van der Waals surface area contributed by atoms with Gasteiger partial charge in [-0.2, -0.15) is 0 Å². The zero-order chi connectivity index (χ0) is 21.8. The molecule has 0 spiro atoms. The lowest BCUT2D eigenvalue weighted by Gasteiger charge is -2.13. The molecule has 2 aromatic carbocycles. The molecule has 8 heteroatoms. The number of amides is 1. The smallest absolute Gasteiger partial charge is 0.337 e. The van der Waals surface area contributed by atoms with E-state index < -0.39 is 5.97 Å². The molecule has 3 rings (SSSR count). The number of aryl methyl sites for hydroxylation is 1. The molecule has 3 aromatic rings. The van der Waals surface area contributed by atoms with Crippen LogP contribution in [0.4, 0.5) is 0 Å². The molecule has 5 N–H and O–H groups in total. The third-order valence-electron chi connectivity index (χ3n) is 4.45. The molecular formula is C22H21N3O4S. The predicted octanol–water partition coefficient (Wildman–Crippen LogP) is 3.64. The molecule has 0 bridgehead atoms. The van der Waals surface area contributed by atoms with E-state index in [2.05, 4.69) is 5.32 Å². The molecule has 0 saturated heterocycles. The number of carbonyl (C=O) groups is 2. The SMILES string of the molecule is CNC(=O)c1cc(C(=O)O)c(-c2ccc(C)cc2OCc2ccc(C(=N)N)cc2)s1. The van der Waals surface area contributed by atoms with Crippen molar-refractivity contribution in [2.45, 2.75) is 13.5 Å². The number of ether oxygens (including phenoxy) is 1. The zero-order valence-electron chi connectivity index (χ0n) is 16.5. The Balaban J connectivity index is 1.96. The number of benzene rings is 2. The van der Waals surface area contributed by atoms with E-state index >= 15 is 0 Å². The molecule has 30 heavy (non-hydrogen) atoms. The molecule has 1 aromatic heterocycles. The Morgan fingerprint density at radius 3 is 2.47 bits per heavy atom. The molecule has 154 valence electrons. The molecule has 0 unspecified atom stereocenters. The van der Waals surface area contributed by atoms with Gasteiger partial charge in [0, 0.05) is 18.2 Å². The lowest BCUT2D eigenvalue weighted by molar-refractivity contribution is 0.0698. The first-order valence-electron chi connectivity index (χ1n) is 9.06. The van der Waals surface area contributed by atoms with Gasteiger partial charge in [0.25, 0.3) is 5.91 Å². The third kappa shape index (κ3) is 4.49. The summed E-state index contributed by atoms with van der Waals surface area (Å²) in [4.78, 5) is 24.6. The minimum atomic E-state index is -1.11. The highest BCUT2D eigenvalue weighted by Crippen LogP contribution is 2.39. The van der Waals surface area contributed by atoms with Gasteiger partial charge in [-0.25, -0.2) is 4.79 Å². The fourth-order valence-corrected chi connectivity index (χ4v) is 3.99. The predicted molar refractivity (Wildman–Crippen MR) is 117 cm³/mol. The number of carboxylic acids is 1. The lowest BCUT2D eigenvalue weighted by Crippen LogP contribution is -2.16. The van der Waals surface area contributed by atoms with Crippen LogP contribution in [0.5, 0.6) is 5.75 Å². The van der Waals surface area contributed by atoms with Gasteiger partial charge in [-0.15, -0.1) is 11.3 Å². The van der Waals surface area contributed by atoms with Gasteiger partial charge < -0.3 is 20.9 Å². The number of thiophene rings is 1. The summed E-state index contributed by atoms with van der Waals surface area (Å²) in [7, 11) is 1.50. The molecule has 0 radical (unpaired) electrons. The topological polar surface area (TPSA) is 126 Å². The first-order valence-corrected chi connectivity index (χ1v) is 9.88. The van der Waals surface area contributed by atoms with Crippen molar-refractivity contribution in [2.24, 2.45) is 5.73 Å². The second-order valence-corrected chi connectivity index (χ2v) is 7.69. The summed E-state index contributed by atoms with van der Waals surface area (Å²) in [5, 5.41) is 19.6. The molecule has 0 atom stereocenters. The van der Waals surface area contributed by atoms with Crippen molar-refractivity contribution in [1.29, 1.82) is 5.41 Å². The van der Waals surface area contributed by atoms with Crippen LogP contribution in [0.2, 0.25) is 0 Å². The first kappa shape index (κ1) is 21.1. The fourth-order valence-electron chi connectivity index (χ4n) is 2.86. The maximum absolute atomic E-state index is 12.0. The van der Waals surface area contributed by atoms with E-state index in [9.17, 15) is 14.7 Å². The van der Waals surface area contributed by atoms with Crippen molar-refractivity contribution in [3.05, 3.63) is 75.7 Å². The van der Waals surface area contributed by atoms with E-state index in [0.717, 1.165) is 22.5 Å². The summed E-state index contributed by atoms with van der Waals surface area (Å²) >= 11 is 1.11. The van der Waals surface area contributed by atoms with Crippen LogP contribution < -0.4 is 15.8 Å². The summed E-state index contributed by atoms with van der Waals surface area (Å²) < 4.78 is 6.02. The van der Waals surface area contributed by atoms with Crippen LogP contribution in [0, 0.1) is 12.3 Å². The molecule has 0 aliphatic carbocycles. The number of nitrogen functional groups attached to an aromatic ring is 1. The Kier molecular flexibility index (Phi) is 6.17. The Morgan fingerprint density at radius 2 is 1.87 bits per heavy atom. The highest BCUT2D eigenvalue weighted by atomic mass is 32.1. The van der Waals surface area contributed by atoms with Crippen LogP contribution in [-0.2, 0) is 6.61 Å². The molecule has 0 aliphatic rings. The molecular weight excluding hydrogens is 402 g/mol. The minimum Gasteiger partial charge on any atom is -0.488 e. The number of nitrogens with one attached hydrogen (secondary N) is 2. The van der Waals surface area contributed by atoms with E-state index in [1.807, 2.05) is 31.2 Å². The maximum atomic E-state index is 12.0.